The number of sulfonamides is 1. The summed E-state index contributed by atoms with van der Waals surface area (Å²) >= 11 is 0. The number of carbonyl (C=O) groups is 1. The molecule has 2 aliphatic heterocycles. The fourth-order valence-electron chi connectivity index (χ4n) is 3.92. The summed E-state index contributed by atoms with van der Waals surface area (Å²) in [6.07, 6.45) is -0.749. The number of para-hydroxylation sites is 2. The molecule has 2 heterocycles. The van der Waals surface area contributed by atoms with E-state index in [1.807, 2.05) is 26.0 Å². The van der Waals surface area contributed by atoms with Crippen molar-refractivity contribution in [1.29, 1.82) is 0 Å². The first-order chi connectivity index (χ1) is 14.9. The van der Waals surface area contributed by atoms with E-state index < -0.39 is 10.0 Å². The molecule has 0 saturated carbocycles. The first-order valence-electron chi connectivity index (χ1n) is 10.4. The zero-order chi connectivity index (χ0) is 22.0. The van der Waals surface area contributed by atoms with Gasteiger partial charge in [-0.2, -0.15) is 4.31 Å². The summed E-state index contributed by atoms with van der Waals surface area (Å²) in [6.45, 7) is 5.37. The van der Waals surface area contributed by atoms with Crippen molar-refractivity contribution in [3.63, 3.8) is 0 Å². The van der Waals surface area contributed by atoms with Gasteiger partial charge >= 0.3 is 6.03 Å². The molecule has 166 valence electrons. The largest absolute Gasteiger partial charge is 0.492 e. The van der Waals surface area contributed by atoms with Gasteiger partial charge < -0.3 is 19.7 Å². The number of rotatable bonds is 5. The van der Waals surface area contributed by atoms with Gasteiger partial charge in [0.05, 0.1) is 42.5 Å². The van der Waals surface area contributed by atoms with Crippen molar-refractivity contribution in [3.8, 4) is 5.75 Å². The normalized spacial score (nSPS) is 21.5. The summed E-state index contributed by atoms with van der Waals surface area (Å²) in [4.78, 5) is 14.8. The zero-order valence-electron chi connectivity index (χ0n) is 17.7. The molecule has 2 aliphatic rings. The molecular formula is C22H27N3O5S. The SMILES string of the molecule is CCOc1ccccc1NC(=O)N1CC2CN(S(=O)(=O)c3ccc(C)cc3)CC(C1)O2. The van der Waals surface area contributed by atoms with E-state index in [0.717, 1.165) is 5.56 Å². The molecule has 2 unspecified atom stereocenters. The second kappa shape index (κ2) is 8.86. The minimum absolute atomic E-state index is 0.214. The lowest BCUT2D eigenvalue weighted by Crippen LogP contribution is -2.61. The van der Waals surface area contributed by atoms with Crippen LogP contribution < -0.4 is 10.1 Å². The topological polar surface area (TPSA) is 88.2 Å². The average molecular weight is 446 g/mol. The van der Waals surface area contributed by atoms with E-state index in [4.69, 9.17) is 9.47 Å². The third-order valence-corrected chi connectivity index (χ3v) is 7.27. The van der Waals surface area contributed by atoms with Gasteiger partial charge in [-0.25, -0.2) is 13.2 Å². The smallest absolute Gasteiger partial charge is 0.322 e. The summed E-state index contributed by atoms with van der Waals surface area (Å²) in [6, 6.07) is 13.9. The molecule has 0 spiro atoms. The molecule has 2 aromatic carbocycles. The Hall–Kier alpha value is -2.62. The molecule has 0 radical (unpaired) electrons. The second-order valence-corrected chi connectivity index (χ2v) is 9.72. The third-order valence-electron chi connectivity index (χ3n) is 5.42. The van der Waals surface area contributed by atoms with Crippen molar-refractivity contribution in [1.82, 2.24) is 9.21 Å². The molecule has 0 aliphatic carbocycles. The van der Waals surface area contributed by atoms with E-state index >= 15 is 0 Å². The quantitative estimate of drug-likeness (QED) is 0.765. The summed E-state index contributed by atoms with van der Waals surface area (Å²) in [5.74, 6) is 0.613. The van der Waals surface area contributed by atoms with E-state index in [-0.39, 0.29) is 36.2 Å². The number of hydrogen-bond acceptors (Lipinski definition) is 5. The van der Waals surface area contributed by atoms with Crippen LogP contribution in [-0.2, 0) is 14.8 Å². The van der Waals surface area contributed by atoms with Crippen LogP contribution in [-0.4, -0.2) is 68.6 Å². The van der Waals surface area contributed by atoms with Crippen LogP contribution in [0.2, 0.25) is 0 Å². The van der Waals surface area contributed by atoms with Crippen LogP contribution in [0.4, 0.5) is 10.5 Å². The number of ether oxygens (including phenoxy) is 2. The minimum atomic E-state index is -3.60. The lowest BCUT2D eigenvalue weighted by atomic mass is 10.1. The number of urea groups is 1. The molecular weight excluding hydrogens is 418 g/mol. The number of nitrogens with zero attached hydrogens (tertiary/aromatic N) is 2. The predicted molar refractivity (Wildman–Crippen MR) is 117 cm³/mol. The molecule has 2 saturated heterocycles. The highest BCUT2D eigenvalue weighted by atomic mass is 32.2. The van der Waals surface area contributed by atoms with Gasteiger partial charge in [0.1, 0.15) is 5.75 Å². The molecule has 2 aromatic rings. The third kappa shape index (κ3) is 4.68. The average Bonchev–Trinajstić information content (AvgIpc) is 2.75. The van der Waals surface area contributed by atoms with E-state index in [1.54, 1.807) is 41.3 Å². The number of benzene rings is 2. The molecule has 8 nitrogen and oxygen atoms in total. The van der Waals surface area contributed by atoms with Crippen molar-refractivity contribution in [2.24, 2.45) is 0 Å². The molecule has 2 atom stereocenters. The number of amides is 2. The van der Waals surface area contributed by atoms with Crippen LogP contribution in [0.5, 0.6) is 5.75 Å². The number of fused-ring (bicyclic) bond motifs is 2. The number of carbonyl (C=O) groups excluding carboxylic acids is 1. The second-order valence-electron chi connectivity index (χ2n) is 7.78. The Bertz CT molecular complexity index is 1030. The highest BCUT2D eigenvalue weighted by molar-refractivity contribution is 7.89. The van der Waals surface area contributed by atoms with Crippen LogP contribution in [0.3, 0.4) is 0 Å². The van der Waals surface area contributed by atoms with Gasteiger partial charge in [0.2, 0.25) is 10.0 Å². The Kier molecular flexibility index (Phi) is 6.17. The zero-order valence-corrected chi connectivity index (χ0v) is 18.5. The Morgan fingerprint density at radius 1 is 1.06 bits per heavy atom. The van der Waals surface area contributed by atoms with Crippen LogP contribution in [0, 0.1) is 6.92 Å². The lowest BCUT2D eigenvalue weighted by molar-refractivity contribution is -0.110. The highest BCUT2D eigenvalue weighted by Crippen LogP contribution is 2.27. The lowest BCUT2D eigenvalue weighted by Gasteiger charge is -2.45. The molecule has 1 N–H and O–H groups in total. The van der Waals surface area contributed by atoms with Gasteiger partial charge in [0.15, 0.2) is 0 Å². The number of anilines is 1. The summed E-state index contributed by atoms with van der Waals surface area (Å²) < 4.78 is 39.1. The van der Waals surface area contributed by atoms with Crippen LogP contribution in [0.25, 0.3) is 0 Å². The van der Waals surface area contributed by atoms with Crippen molar-refractivity contribution in [2.45, 2.75) is 31.0 Å². The van der Waals surface area contributed by atoms with Crippen molar-refractivity contribution < 1.29 is 22.7 Å². The molecule has 2 fully saturated rings. The van der Waals surface area contributed by atoms with E-state index in [0.29, 0.717) is 31.1 Å². The predicted octanol–water partition coefficient (Wildman–Crippen LogP) is 2.70. The fourth-order valence-corrected chi connectivity index (χ4v) is 5.42. The van der Waals surface area contributed by atoms with Gasteiger partial charge in [-0.3, -0.25) is 0 Å². The Morgan fingerprint density at radius 3 is 2.35 bits per heavy atom. The first kappa shape index (κ1) is 21.6. The van der Waals surface area contributed by atoms with Crippen molar-refractivity contribution in [2.75, 3.05) is 38.1 Å². The Balaban J connectivity index is 1.43. The minimum Gasteiger partial charge on any atom is -0.492 e. The standard InChI is InChI=1S/C22H27N3O5S/c1-3-29-21-7-5-4-6-20(21)23-22(26)24-12-17-14-25(15-18(13-24)30-17)31(27,28)19-10-8-16(2)9-11-19/h4-11,17-18H,3,12-15H2,1-2H3,(H,23,26). The maximum atomic E-state index is 13.0. The maximum Gasteiger partial charge on any atom is 0.322 e. The Labute approximate surface area is 182 Å². The molecule has 2 bridgehead atoms. The van der Waals surface area contributed by atoms with Gasteiger partial charge in [-0.15, -0.1) is 0 Å². The molecule has 0 aromatic heterocycles. The monoisotopic (exact) mass is 445 g/mol. The molecule has 9 heteroatoms. The number of nitrogens with one attached hydrogen (secondary N) is 1. The van der Waals surface area contributed by atoms with Crippen molar-refractivity contribution >= 4 is 21.7 Å². The van der Waals surface area contributed by atoms with Crippen LogP contribution in [0.1, 0.15) is 12.5 Å². The van der Waals surface area contributed by atoms with Gasteiger partial charge in [-0.05, 0) is 38.1 Å². The van der Waals surface area contributed by atoms with Crippen LogP contribution in [0.15, 0.2) is 53.4 Å². The molecule has 31 heavy (non-hydrogen) atoms. The van der Waals surface area contributed by atoms with E-state index in [2.05, 4.69) is 5.32 Å². The van der Waals surface area contributed by atoms with Gasteiger partial charge in [-0.1, -0.05) is 29.8 Å². The summed E-state index contributed by atoms with van der Waals surface area (Å²) in [7, 11) is -3.60. The number of aryl methyl sites for hydroxylation is 1. The van der Waals surface area contributed by atoms with Gasteiger partial charge in [0, 0.05) is 13.1 Å². The Morgan fingerprint density at radius 2 is 1.71 bits per heavy atom. The maximum absolute atomic E-state index is 13.0. The van der Waals surface area contributed by atoms with Crippen LogP contribution >= 0.6 is 0 Å². The van der Waals surface area contributed by atoms with E-state index in [9.17, 15) is 13.2 Å². The summed E-state index contributed by atoms with van der Waals surface area (Å²) in [5.41, 5.74) is 1.61. The fraction of sp³-hybridized carbons (Fsp3) is 0.409. The first-order valence-corrected chi connectivity index (χ1v) is 11.8. The highest BCUT2D eigenvalue weighted by Gasteiger charge is 2.41. The number of hydrogen-bond donors (Lipinski definition) is 1. The van der Waals surface area contributed by atoms with E-state index in [1.165, 1.54) is 4.31 Å². The summed E-state index contributed by atoms with van der Waals surface area (Å²) in [5, 5.41) is 2.90. The molecule has 4 rings (SSSR count). The number of morpholine rings is 2. The van der Waals surface area contributed by atoms with Crippen molar-refractivity contribution in [3.05, 3.63) is 54.1 Å². The molecule has 2 amide bonds. The van der Waals surface area contributed by atoms with Gasteiger partial charge in [0.25, 0.3) is 0 Å².